The Morgan fingerprint density at radius 1 is 1.21 bits per heavy atom. The first-order valence-electron chi connectivity index (χ1n) is 5.59. The number of benzene rings is 1. The highest BCUT2D eigenvalue weighted by molar-refractivity contribution is 7.19. The average Bonchev–Trinajstić information content (AvgIpc) is 2.96. The predicted octanol–water partition coefficient (Wildman–Crippen LogP) is 4.48. The fourth-order valence-corrected chi connectivity index (χ4v) is 3.79. The van der Waals surface area contributed by atoms with Crippen molar-refractivity contribution >= 4 is 39.4 Å². The van der Waals surface area contributed by atoms with Crippen molar-refractivity contribution < 1.29 is 0 Å². The second-order valence-electron chi connectivity index (χ2n) is 3.98. The van der Waals surface area contributed by atoms with Gasteiger partial charge in [0.1, 0.15) is 5.01 Å². The van der Waals surface area contributed by atoms with Gasteiger partial charge in [0.15, 0.2) is 5.13 Å². The van der Waals surface area contributed by atoms with Crippen molar-refractivity contribution in [1.29, 1.82) is 0 Å². The largest absolute Gasteiger partial charge is 0.375 e. The van der Waals surface area contributed by atoms with Gasteiger partial charge in [-0.25, -0.2) is 9.97 Å². The summed E-state index contributed by atoms with van der Waals surface area (Å²) in [5.74, 6) is 0. The van der Waals surface area contributed by atoms with Gasteiger partial charge in [-0.05, 0) is 13.0 Å². The summed E-state index contributed by atoms with van der Waals surface area (Å²) in [6.45, 7) is 1.94. The number of hydrogen-bond acceptors (Lipinski definition) is 5. The van der Waals surface area contributed by atoms with Gasteiger partial charge in [-0.1, -0.05) is 41.1 Å². The lowest BCUT2D eigenvalue weighted by Crippen LogP contribution is -1.81. The average molecular weight is 308 g/mol. The summed E-state index contributed by atoms with van der Waals surface area (Å²) in [7, 11) is 0. The molecular weight excluding hydrogens is 298 g/mol. The Labute approximate surface area is 123 Å². The third-order valence-corrected chi connectivity index (χ3v) is 4.87. The molecule has 0 aliphatic heterocycles. The van der Waals surface area contributed by atoms with Gasteiger partial charge in [-0.2, -0.15) is 0 Å². The molecule has 2 N–H and O–H groups in total. The van der Waals surface area contributed by atoms with Gasteiger partial charge >= 0.3 is 0 Å². The van der Waals surface area contributed by atoms with E-state index >= 15 is 0 Å². The van der Waals surface area contributed by atoms with Crippen LogP contribution in [0.1, 0.15) is 5.69 Å². The minimum Gasteiger partial charge on any atom is -0.375 e. The minimum atomic E-state index is 0.569. The van der Waals surface area contributed by atoms with E-state index in [2.05, 4.69) is 9.97 Å². The molecule has 0 saturated carbocycles. The number of nitrogens with zero attached hydrogens (tertiary/aromatic N) is 2. The maximum Gasteiger partial charge on any atom is 0.180 e. The molecule has 0 aliphatic carbocycles. The van der Waals surface area contributed by atoms with E-state index in [1.54, 1.807) is 11.3 Å². The number of aryl methyl sites for hydroxylation is 1. The molecule has 0 spiro atoms. The van der Waals surface area contributed by atoms with Crippen LogP contribution in [0, 0.1) is 6.92 Å². The van der Waals surface area contributed by atoms with Crippen LogP contribution >= 0.6 is 34.3 Å². The third-order valence-electron chi connectivity index (χ3n) is 2.65. The van der Waals surface area contributed by atoms with Crippen molar-refractivity contribution in [2.75, 3.05) is 5.73 Å². The summed E-state index contributed by atoms with van der Waals surface area (Å²) < 4.78 is 0. The first-order chi connectivity index (χ1) is 9.15. The number of hydrogen-bond donors (Lipinski definition) is 1. The van der Waals surface area contributed by atoms with Crippen molar-refractivity contribution in [2.45, 2.75) is 6.92 Å². The molecule has 1 aromatic carbocycles. The number of rotatable bonds is 2. The number of aromatic nitrogens is 2. The third kappa shape index (κ3) is 2.36. The highest BCUT2D eigenvalue weighted by atomic mass is 35.5. The van der Waals surface area contributed by atoms with Crippen molar-refractivity contribution in [3.05, 3.63) is 40.4 Å². The molecule has 19 heavy (non-hydrogen) atoms. The predicted molar refractivity (Wildman–Crippen MR) is 82.8 cm³/mol. The van der Waals surface area contributed by atoms with Gasteiger partial charge in [0.2, 0.25) is 0 Å². The van der Waals surface area contributed by atoms with Gasteiger partial charge in [0.05, 0.1) is 21.3 Å². The Morgan fingerprint density at radius 3 is 2.68 bits per heavy atom. The number of anilines is 1. The normalized spacial score (nSPS) is 10.8. The zero-order valence-electron chi connectivity index (χ0n) is 10.1. The molecule has 6 heteroatoms. The van der Waals surface area contributed by atoms with Crippen LogP contribution in [0.4, 0.5) is 5.13 Å². The Hall–Kier alpha value is -1.43. The summed E-state index contributed by atoms with van der Waals surface area (Å²) in [5.41, 5.74) is 8.50. The van der Waals surface area contributed by atoms with Crippen LogP contribution < -0.4 is 5.73 Å². The maximum atomic E-state index is 6.19. The molecule has 0 bridgehead atoms. The lowest BCUT2D eigenvalue weighted by molar-refractivity contribution is 1.26. The quantitative estimate of drug-likeness (QED) is 0.759. The number of halogens is 1. The Bertz CT molecular complexity index is 733. The highest BCUT2D eigenvalue weighted by Crippen LogP contribution is 2.36. The lowest BCUT2D eigenvalue weighted by Gasteiger charge is -1.98. The number of thiazole rings is 2. The molecule has 96 valence electrons. The molecule has 3 aromatic rings. The Balaban J connectivity index is 2.05. The van der Waals surface area contributed by atoms with Crippen LogP contribution in [-0.4, -0.2) is 9.97 Å². The molecular formula is C13H10ClN3S2. The fourth-order valence-electron chi connectivity index (χ4n) is 1.79. The first kappa shape index (κ1) is 12.6. The molecule has 2 aromatic heterocycles. The number of nitrogens with two attached hydrogens (primary N) is 1. The van der Waals surface area contributed by atoms with Crippen molar-refractivity contribution in [1.82, 2.24) is 9.97 Å². The van der Waals surface area contributed by atoms with Crippen LogP contribution in [0.15, 0.2) is 29.6 Å². The van der Waals surface area contributed by atoms with Gasteiger partial charge in [0, 0.05) is 10.9 Å². The number of nitrogen functional groups attached to an aromatic ring is 1. The Kier molecular flexibility index (Phi) is 3.26. The second-order valence-corrected chi connectivity index (χ2v) is 6.28. The molecule has 0 aliphatic rings. The van der Waals surface area contributed by atoms with E-state index in [1.807, 2.05) is 36.6 Å². The van der Waals surface area contributed by atoms with Crippen LogP contribution in [-0.2, 0) is 0 Å². The van der Waals surface area contributed by atoms with E-state index in [4.69, 9.17) is 17.3 Å². The summed E-state index contributed by atoms with van der Waals surface area (Å²) in [6.07, 6.45) is 0. The van der Waals surface area contributed by atoms with Crippen LogP contribution in [0.25, 0.3) is 21.1 Å². The zero-order chi connectivity index (χ0) is 13.4. The smallest absolute Gasteiger partial charge is 0.180 e. The molecule has 3 rings (SSSR count). The Morgan fingerprint density at radius 2 is 2.00 bits per heavy atom. The lowest BCUT2D eigenvalue weighted by atomic mass is 10.2. The standard InChI is InChI=1S/C13H10ClN3S2/c1-7-11(19-13(15)16-7)10-6-18-12(17-10)8-4-2-3-5-9(8)14/h2-6H,1H3,(H2,15,16). The van der Waals surface area contributed by atoms with Gasteiger partial charge in [-0.3, -0.25) is 0 Å². The topological polar surface area (TPSA) is 51.8 Å². The van der Waals surface area contributed by atoms with Crippen molar-refractivity contribution in [3.63, 3.8) is 0 Å². The van der Waals surface area contributed by atoms with Crippen molar-refractivity contribution in [2.24, 2.45) is 0 Å². The monoisotopic (exact) mass is 307 g/mol. The summed E-state index contributed by atoms with van der Waals surface area (Å²) in [5, 5.41) is 4.20. The van der Waals surface area contributed by atoms with Gasteiger partial charge < -0.3 is 5.73 Å². The molecule has 0 saturated heterocycles. The van der Waals surface area contributed by atoms with Crippen LogP contribution in [0.3, 0.4) is 0 Å². The van der Waals surface area contributed by atoms with Crippen LogP contribution in [0.2, 0.25) is 5.02 Å². The molecule has 0 amide bonds. The summed E-state index contributed by atoms with van der Waals surface area (Å²) >= 11 is 9.22. The van der Waals surface area contributed by atoms with Crippen LogP contribution in [0.5, 0.6) is 0 Å². The van der Waals surface area contributed by atoms with E-state index in [1.165, 1.54) is 11.3 Å². The van der Waals surface area contributed by atoms with E-state index < -0.39 is 0 Å². The molecule has 2 heterocycles. The van der Waals surface area contributed by atoms with Gasteiger partial charge in [-0.15, -0.1) is 11.3 Å². The fraction of sp³-hybridized carbons (Fsp3) is 0.0769. The molecule has 0 fully saturated rings. The van der Waals surface area contributed by atoms with E-state index in [-0.39, 0.29) is 0 Å². The molecule has 3 nitrogen and oxygen atoms in total. The van der Waals surface area contributed by atoms with Crippen molar-refractivity contribution in [3.8, 4) is 21.1 Å². The molecule has 0 radical (unpaired) electrons. The van der Waals surface area contributed by atoms with E-state index in [0.29, 0.717) is 10.2 Å². The highest BCUT2D eigenvalue weighted by Gasteiger charge is 2.13. The molecule has 0 unspecified atom stereocenters. The van der Waals surface area contributed by atoms with E-state index in [9.17, 15) is 0 Å². The second kappa shape index (κ2) is 4.92. The zero-order valence-corrected chi connectivity index (χ0v) is 12.4. The summed E-state index contributed by atoms with van der Waals surface area (Å²) in [4.78, 5) is 9.88. The molecule has 0 atom stereocenters. The SMILES string of the molecule is Cc1nc(N)sc1-c1csc(-c2ccccc2Cl)n1. The maximum absolute atomic E-state index is 6.19. The minimum absolute atomic E-state index is 0.569. The first-order valence-corrected chi connectivity index (χ1v) is 7.66. The summed E-state index contributed by atoms with van der Waals surface area (Å²) in [6, 6.07) is 7.71. The van der Waals surface area contributed by atoms with E-state index in [0.717, 1.165) is 26.8 Å². The van der Waals surface area contributed by atoms with Gasteiger partial charge in [0.25, 0.3) is 0 Å².